The Kier molecular flexibility index (Phi) is 5.71. The second-order valence-electron chi connectivity index (χ2n) is 4.04. The van der Waals surface area contributed by atoms with Crippen molar-refractivity contribution in [3.8, 4) is 0 Å². The SMILES string of the molecule is CC[NH+](CC)CCNS(=O)(=O)c1ccccc1F. The molecule has 0 aliphatic heterocycles. The Morgan fingerprint density at radius 1 is 1.22 bits per heavy atom. The number of rotatable bonds is 7. The van der Waals surface area contributed by atoms with Crippen LogP contribution in [0.25, 0.3) is 0 Å². The van der Waals surface area contributed by atoms with Crippen molar-refractivity contribution in [2.24, 2.45) is 0 Å². The molecule has 0 heterocycles. The minimum atomic E-state index is -3.74. The molecule has 0 aliphatic carbocycles. The van der Waals surface area contributed by atoms with Crippen LogP contribution in [0.5, 0.6) is 0 Å². The molecule has 0 amide bonds. The van der Waals surface area contributed by atoms with Gasteiger partial charge in [-0.2, -0.15) is 0 Å². The summed E-state index contributed by atoms with van der Waals surface area (Å²) in [5, 5.41) is 0. The Morgan fingerprint density at radius 2 is 1.83 bits per heavy atom. The van der Waals surface area contributed by atoms with Crippen molar-refractivity contribution in [3.63, 3.8) is 0 Å². The topological polar surface area (TPSA) is 50.6 Å². The number of hydrogen-bond donors (Lipinski definition) is 2. The van der Waals surface area contributed by atoms with Gasteiger partial charge >= 0.3 is 0 Å². The van der Waals surface area contributed by atoms with Crippen molar-refractivity contribution < 1.29 is 17.7 Å². The molecular weight excluding hydrogens is 255 g/mol. The van der Waals surface area contributed by atoms with Gasteiger partial charge in [0.05, 0.1) is 26.2 Å². The van der Waals surface area contributed by atoms with E-state index >= 15 is 0 Å². The van der Waals surface area contributed by atoms with E-state index in [2.05, 4.69) is 4.72 Å². The average molecular weight is 275 g/mol. The first-order valence-corrected chi connectivity index (χ1v) is 7.57. The monoisotopic (exact) mass is 275 g/mol. The van der Waals surface area contributed by atoms with Crippen LogP contribution in [0, 0.1) is 5.82 Å². The highest BCUT2D eigenvalue weighted by Crippen LogP contribution is 2.12. The zero-order chi connectivity index (χ0) is 13.6. The summed E-state index contributed by atoms with van der Waals surface area (Å²) >= 11 is 0. The number of hydrogen-bond acceptors (Lipinski definition) is 2. The summed E-state index contributed by atoms with van der Waals surface area (Å²) in [6.45, 7) is 6.98. The van der Waals surface area contributed by atoms with Gasteiger partial charge in [-0.05, 0) is 26.0 Å². The third-order valence-corrected chi connectivity index (χ3v) is 4.39. The van der Waals surface area contributed by atoms with Crippen LogP contribution in [0.15, 0.2) is 29.2 Å². The highest BCUT2D eigenvalue weighted by atomic mass is 32.2. The zero-order valence-electron chi connectivity index (χ0n) is 10.7. The van der Waals surface area contributed by atoms with E-state index in [1.165, 1.54) is 23.1 Å². The number of nitrogens with one attached hydrogen (secondary N) is 2. The van der Waals surface area contributed by atoms with Gasteiger partial charge < -0.3 is 4.90 Å². The Labute approximate surface area is 108 Å². The molecule has 1 aromatic rings. The van der Waals surface area contributed by atoms with E-state index in [0.29, 0.717) is 13.1 Å². The Bertz CT molecular complexity index is 473. The molecule has 4 nitrogen and oxygen atoms in total. The lowest BCUT2D eigenvalue weighted by molar-refractivity contribution is -0.895. The quantitative estimate of drug-likeness (QED) is 0.737. The highest BCUT2D eigenvalue weighted by Gasteiger charge is 2.18. The van der Waals surface area contributed by atoms with Crippen LogP contribution >= 0.6 is 0 Å². The highest BCUT2D eigenvalue weighted by molar-refractivity contribution is 7.89. The number of halogens is 1. The smallest absolute Gasteiger partial charge is 0.243 e. The van der Waals surface area contributed by atoms with Crippen LogP contribution in [0.1, 0.15) is 13.8 Å². The van der Waals surface area contributed by atoms with Crippen LogP contribution in [-0.2, 0) is 10.0 Å². The summed E-state index contributed by atoms with van der Waals surface area (Å²) < 4.78 is 39.5. The van der Waals surface area contributed by atoms with Crippen molar-refractivity contribution in [3.05, 3.63) is 30.1 Å². The Morgan fingerprint density at radius 3 is 2.39 bits per heavy atom. The number of benzene rings is 1. The van der Waals surface area contributed by atoms with Gasteiger partial charge in [0.15, 0.2) is 0 Å². The van der Waals surface area contributed by atoms with Gasteiger partial charge in [-0.25, -0.2) is 17.5 Å². The van der Waals surface area contributed by atoms with E-state index in [-0.39, 0.29) is 4.90 Å². The van der Waals surface area contributed by atoms with Crippen LogP contribution in [0.3, 0.4) is 0 Å². The first-order valence-electron chi connectivity index (χ1n) is 6.09. The summed E-state index contributed by atoms with van der Waals surface area (Å²) in [4.78, 5) is 1.01. The maximum absolute atomic E-state index is 13.4. The van der Waals surface area contributed by atoms with Gasteiger partial charge in [-0.3, -0.25) is 0 Å². The molecule has 0 saturated carbocycles. The van der Waals surface area contributed by atoms with Crippen molar-refractivity contribution in [1.82, 2.24) is 4.72 Å². The molecule has 0 atom stereocenters. The molecule has 0 aromatic heterocycles. The summed E-state index contributed by atoms with van der Waals surface area (Å²) in [5.74, 6) is -0.722. The van der Waals surface area contributed by atoms with Crippen LogP contribution < -0.4 is 9.62 Å². The maximum atomic E-state index is 13.4. The fourth-order valence-electron chi connectivity index (χ4n) is 1.71. The van der Waals surface area contributed by atoms with Gasteiger partial charge in [0.1, 0.15) is 10.7 Å². The van der Waals surface area contributed by atoms with E-state index in [1.54, 1.807) is 0 Å². The summed E-state index contributed by atoms with van der Waals surface area (Å²) in [6, 6.07) is 5.38. The second kappa shape index (κ2) is 6.82. The standard InChI is InChI=1S/C12H19FN2O2S/c1-3-15(4-2)10-9-14-18(16,17)12-8-6-5-7-11(12)13/h5-8,14H,3-4,9-10H2,1-2H3/p+1. The lowest BCUT2D eigenvalue weighted by Crippen LogP contribution is -3.12. The fraction of sp³-hybridized carbons (Fsp3) is 0.500. The Hall–Kier alpha value is -0.980. The molecule has 0 aliphatic rings. The molecule has 102 valence electrons. The second-order valence-corrected chi connectivity index (χ2v) is 5.77. The van der Waals surface area contributed by atoms with Crippen LogP contribution in [-0.4, -0.2) is 34.6 Å². The van der Waals surface area contributed by atoms with Crippen molar-refractivity contribution in [2.75, 3.05) is 26.2 Å². The van der Waals surface area contributed by atoms with E-state index < -0.39 is 15.8 Å². The molecule has 0 unspecified atom stereocenters. The predicted molar refractivity (Wildman–Crippen MR) is 68.5 cm³/mol. The lowest BCUT2D eigenvalue weighted by atomic mass is 10.4. The zero-order valence-corrected chi connectivity index (χ0v) is 11.6. The lowest BCUT2D eigenvalue weighted by Gasteiger charge is -2.15. The molecule has 6 heteroatoms. The molecule has 0 radical (unpaired) electrons. The normalized spacial score (nSPS) is 12.0. The third-order valence-electron chi connectivity index (χ3n) is 2.90. The molecule has 2 N–H and O–H groups in total. The number of sulfonamides is 1. The number of quaternary nitrogens is 1. The largest absolute Gasteiger partial charge is 0.334 e. The van der Waals surface area contributed by atoms with Crippen LogP contribution in [0.4, 0.5) is 4.39 Å². The van der Waals surface area contributed by atoms with E-state index in [0.717, 1.165) is 19.2 Å². The number of likely N-dealkylation sites (N-methyl/N-ethyl adjacent to an activating group) is 1. The van der Waals surface area contributed by atoms with Gasteiger partial charge in [-0.1, -0.05) is 12.1 Å². The van der Waals surface area contributed by atoms with Crippen molar-refractivity contribution >= 4 is 10.0 Å². The van der Waals surface area contributed by atoms with Gasteiger partial charge in [0.2, 0.25) is 10.0 Å². The Balaban J connectivity index is 2.64. The fourth-order valence-corrected chi connectivity index (χ4v) is 2.81. The third kappa shape index (κ3) is 4.04. The molecule has 18 heavy (non-hydrogen) atoms. The molecule has 0 bridgehead atoms. The first kappa shape index (κ1) is 15.1. The first-order chi connectivity index (χ1) is 8.51. The molecule has 0 saturated heterocycles. The summed E-state index contributed by atoms with van der Waals surface area (Å²) in [7, 11) is -3.74. The predicted octanol–water partition coefficient (Wildman–Crippen LogP) is 0.0287. The minimum Gasteiger partial charge on any atom is -0.334 e. The maximum Gasteiger partial charge on any atom is 0.243 e. The van der Waals surface area contributed by atoms with E-state index in [1.807, 2.05) is 13.8 Å². The molecule has 0 spiro atoms. The summed E-state index contributed by atoms with van der Waals surface area (Å²) in [5.41, 5.74) is 0. The molecular formula is C12H20FN2O2S+. The summed E-state index contributed by atoms with van der Waals surface area (Å²) in [6.07, 6.45) is 0. The van der Waals surface area contributed by atoms with Gasteiger partial charge in [0.25, 0.3) is 0 Å². The van der Waals surface area contributed by atoms with Crippen molar-refractivity contribution in [2.45, 2.75) is 18.7 Å². The molecule has 1 aromatic carbocycles. The minimum absolute atomic E-state index is 0.292. The van der Waals surface area contributed by atoms with Crippen LogP contribution in [0.2, 0.25) is 0 Å². The van der Waals surface area contributed by atoms with E-state index in [9.17, 15) is 12.8 Å². The van der Waals surface area contributed by atoms with Gasteiger partial charge in [0, 0.05) is 0 Å². The van der Waals surface area contributed by atoms with E-state index in [4.69, 9.17) is 0 Å². The van der Waals surface area contributed by atoms with Gasteiger partial charge in [-0.15, -0.1) is 0 Å². The average Bonchev–Trinajstić information content (AvgIpc) is 2.35. The molecule has 1 rings (SSSR count). The molecule has 0 fully saturated rings. The van der Waals surface area contributed by atoms with Crippen molar-refractivity contribution in [1.29, 1.82) is 0 Å².